The fourth-order valence-corrected chi connectivity index (χ4v) is 2.55. The van der Waals surface area contributed by atoms with Crippen LogP contribution in [0.1, 0.15) is 25.5 Å². The third kappa shape index (κ3) is 4.22. The molecule has 0 saturated heterocycles. The van der Waals surface area contributed by atoms with Gasteiger partial charge in [-0.3, -0.25) is 0 Å². The predicted molar refractivity (Wildman–Crippen MR) is 86.8 cm³/mol. The summed E-state index contributed by atoms with van der Waals surface area (Å²) in [5.41, 5.74) is 0.825. The molecule has 21 heavy (non-hydrogen) atoms. The van der Waals surface area contributed by atoms with E-state index in [4.69, 9.17) is 4.74 Å². The van der Waals surface area contributed by atoms with Gasteiger partial charge in [0.15, 0.2) is 0 Å². The summed E-state index contributed by atoms with van der Waals surface area (Å²) in [7, 11) is 0. The van der Waals surface area contributed by atoms with Crippen LogP contribution >= 0.6 is 11.8 Å². The summed E-state index contributed by atoms with van der Waals surface area (Å²) in [6.07, 6.45) is 2.03. The summed E-state index contributed by atoms with van der Waals surface area (Å²) in [4.78, 5) is 1.18. The van der Waals surface area contributed by atoms with E-state index < -0.39 is 0 Å². The van der Waals surface area contributed by atoms with Crippen molar-refractivity contribution in [3.05, 3.63) is 53.8 Å². The molecule has 1 atom stereocenters. The van der Waals surface area contributed by atoms with Crippen LogP contribution in [0, 0.1) is 5.82 Å². The summed E-state index contributed by atoms with van der Waals surface area (Å²) >= 11 is 1.69. The highest BCUT2D eigenvalue weighted by atomic mass is 32.2. The van der Waals surface area contributed by atoms with Gasteiger partial charge in [0.05, 0.1) is 0 Å². The Kier molecular flexibility index (Phi) is 5.65. The minimum absolute atomic E-state index is 0.0335. The SMILES string of the molecule is CCNC(C)c1cc(F)ccc1Oc1ccc(SC)cc1. The second-order valence-electron chi connectivity index (χ2n) is 4.74. The zero-order valence-corrected chi connectivity index (χ0v) is 13.3. The van der Waals surface area contributed by atoms with E-state index in [0.717, 1.165) is 17.9 Å². The lowest BCUT2D eigenvalue weighted by atomic mass is 10.1. The summed E-state index contributed by atoms with van der Waals surface area (Å²) < 4.78 is 19.4. The van der Waals surface area contributed by atoms with Gasteiger partial charge in [0.2, 0.25) is 0 Å². The van der Waals surface area contributed by atoms with Gasteiger partial charge in [-0.05, 0) is 62.2 Å². The summed E-state index contributed by atoms with van der Waals surface area (Å²) in [6.45, 7) is 4.85. The van der Waals surface area contributed by atoms with E-state index in [0.29, 0.717) is 5.75 Å². The number of thioether (sulfide) groups is 1. The van der Waals surface area contributed by atoms with Crippen molar-refractivity contribution in [3.8, 4) is 11.5 Å². The molecule has 0 aliphatic carbocycles. The van der Waals surface area contributed by atoms with Crippen molar-refractivity contribution in [1.29, 1.82) is 0 Å². The summed E-state index contributed by atoms with van der Waals surface area (Å²) in [5, 5.41) is 3.28. The first-order chi connectivity index (χ1) is 10.1. The Morgan fingerprint density at radius 3 is 2.52 bits per heavy atom. The van der Waals surface area contributed by atoms with Gasteiger partial charge in [-0.1, -0.05) is 6.92 Å². The minimum atomic E-state index is -0.250. The third-order valence-corrected chi connectivity index (χ3v) is 3.98. The maximum atomic E-state index is 13.5. The van der Waals surface area contributed by atoms with Crippen LogP contribution in [0.2, 0.25) is 0 Å². The lowest BCUT2D eigenvalue weighted by Crippen LogP contribution is -2.18. The van der Waals surface area contributed by atoms with E-state index in [1.807, 2.05) is 44.4 Å². The van der Waals surface area contributed by atoms with E-state index >= 15 is 0 Å². The monoisotopic (exact) mass is 305 g/mol. The van der Waals surface area contributed by atoms with Crippen molar-refractivity contribution in [2.45, 2.75) is 24.8 Å². The molecule has 2 aromatic rings. The number of nitrogens with one attached hydrogen (secondary N) is 1. The van der Waals surface area contributed by atoms with Gasteiger partial charge >= 0.3 is 0 Å². The second kappa shape index (κ2) is 7.48. The molecule has 2 rings (SSSR count). The second-order valence-corrected chi connectivity index (χ2v) is 5.62. The Bertz CT molecular complexity index is 586. The molecule has 0 heterocycles. The third-order valence-electron chi connectivity index (χ3n) is 3.24. The van der Waals surface area contributed by atoms with Gasteiger partial charge in [0, 0.05) is 16.5 Å². The summed E-state index contributed by atoms with van der Waals surface area (Å²) in [5.74, 6) is 1.19. The largest absolute Gasteiger partial charge is 0.457 e. The van der Waals surface area contributed by atoms with Gasteiger partial charge in [-0.25, -0.2) is 4.39 Å². The van der Waals surface area contributed by atoms with Crippen LogP contribution in [0.3, 0.4) is 0 Å². The van der Waals surface area contributed by atoms with Crippen LogP contribution in [-0.2, 0) is 0 Å². The Morgan fingerprint density at radius 2 is 1.90 bits per heavy atom. The van der Waals surface area contributed by atoms with Gasteiger partial charge in [0.1, 0.15) is 17.3 Å². The molecule has 0 aliphatic heterocycles. The maximum Gasteiger partial charge on any atom is 0.132 e. The molecule has 1 N–H and O–H groups in total. The topological polar surface area (TPSA) is 21.3 Å². The van der Waals surface area contributed by atoms with Crippen LogP contribution in [0.15, 0.2) is 47.4 Å². The smallest absolute Gasteiger partial charge is 0.132 e. The van der Waals surface area contributed by atoms with Crippen molar-refractivity contribution in [2.24, 2.45) is 0 Å². The molecule has 112 valence electrons. The zero-order valence-electron chi connectivity index (χ0n) is 12.5. The standard InChI is InChI=1S/C17H20FNOS/c1-4-19-12(2)16-11-13(18)5-10-17(16)20-14-6-8-15(21-3)9-7-14/h5-12,19H,4H2,1-3H3. The lowest BCUT2D eigenvalue weighted by Gasteiger charge is -2.17. The number of rotatable bonds is 6. The van der Waals surface area contributed by atoms with Gasteiger partial charge in [-0.15, -0.1) is 11.8 Å². The first-order valence-corrected chi connectivity index (χ1v) is 8.21. The molecule has 0 bridgehead atoms. The lowest BCUT2D eigenvalue weighted by molar-refractivity contribution is 0.459. The Balaban J connectivity index is 2.25. The van der Waals surface area contributed by atoms with Crippen molar-refractivity contribution in [2.75, 3.05) is 12.8 Å². The van der Waals surface area contributed by atoms with Crippen LogP contribution in [0.25, 0.3) is 0 Å². The number of hydrogen-bond donors (Lipinski definition) is 1. The average molecular weight is 305 g/mol. The Labute approximate surface area is 129 Å². The van der Waals surface area contributed by atoms with Crippen LogP contribution in [-0.4, -0.2) is 12.8 Å². The molecule has 2 aromatic carbocycles. The highest BCUT2D eigenvalue weighted by Crippen LogP contribution is 2.31. The molecule has 0 spiro atoms. The van der Waals surface area contributed by atoms with Gasteiger partial charge in [0.25, 0.3) is 0 Å². The first-order valence-electron chi connectivity index (χ1n) is 6.98. The maximum absolute atomic E-state index is 13.5. The van der Waals surface area contributed by atoms with E-state index in [9.17, 15) is 4.39 Å². The van der Waals surface area contributed by atoms with Crippen molar-refractivity contribution in [3.63, 3.8) is 0 Å². The first kappa shape index (κ1) is 15.9. The molecule has 0 saturated carbocycles. The fraction of sp³-hybridized carbons (Fsp3) is 0.294. The van der Waals surface area contributed by atoms with Crippen molar-refractivity contribution < 1.29 is 9.13 Å². The molecule has 0 aliphatic rings. The normalized spacial score (nSPS) is 12.2. The predicted octanol–water partition coefficient (Wildman–Crippen LogP) is 5.01. The molecular formula is C17H20FNOS. The quantitative estimate of drug-likeness (QED) is 0.758. The van der Waals surface area contributed by atoms with E-state index in [-0.39, 0.29) is 11.9 Å². The number of ether oxygens (including phenoxy) is 1. The van der Waals surface area contributed by atoms with Crippen LogP contribution in [0.5, 0.6) is 11.5 Å². The Hall–Kier alpha value is -1.52. The molecule has 2 nitrogen and oxygen atoms in total. The molecule has 4 heteroatoms. The van der Waals surface area contributed by atoms with E-state index in [1.54, 1.807) is 17.8 Å². The molecule has 0 fully saturated rings. The average Bonchev–Trinajstić information content (AvgIpc) is 2.50. The molecule has 0 amide bonds. The van der Waals surface area contributed by atoms with Crippen LogP contribution in [0.4, 0.5) is 4.39 Å². The fourth-order valence-electron chi connectivity index (χ4n) is 2.14. The van der Waals surface area contributed by atoms with E-state index in [1.165, 1.54) is 17.0 Å². The Morgan fingerprint density at radius 1 is 1.19 bits per heavy atom. The number of hydrogen-bond acceptors (Lipinski definition) is 3. The molecule has 1 unspecified atom stereocenters. The summed E-state index contributed by atoms with van der Waals surface area (Å²) in [6, 6.07) is 12.5. The molecular weight excluding hydrogens is 285 g/mol. The molecule has 0 aromatic heterocycles. The van der Waals surface area contributed by atoms with Gasteiger partial charge in [-0.2, -0.15) is 0 Å². The number of halogens is 1. The molecule has 0 radical (unpaired) electrons. The number of benzene rings is 2. The minimum Gasteiger partial charge on any atom is -0.457 e. The van der Waals surface area contributed by atoms with Crippen molar-refractivity contribution >= 4 is 11.8 Å². The highest BCUT2D eigenvalue weighted by molar-refractivity contribution is 7.98. The van der Waals surface area contributed by atoms with Gasteiger partial charge < -0.3 is 10.1 Å². The zero-order chi connectivity index (χ0) is 15.2. The van der Waals surface area contributed by atoms with E-state index in [2.05, 4.69) is 5.32 Å². The highest BCUT2D eigenvalue weighted by Gasteiger charge is 2.13. The van der Waals surface area contributed by atoms with Crippen molar-refractivity contribution in [1.82, 2.24) is 5.32 Å². The van der Waals surface area contributed by atoms with Crippen LogP contribution < -0.4 is 10.1 Å².